The van der Waals surface area contributed by atoms with Crippen LogP contribution in [-0.4, -0.2) is 81.4 Å². The highest BCUT2D eigenvalue weighted by atomic mass is 32.2. The average Bonchev–Trinajstić information content (AvgIpc) is 2.97. The van der Waals surface area contributed by atoms with E-state index in [1.54, 1.807) is 35.2 Å². The number of aliphatic hydroxyl groups is 1. The van der Waals surface area contributed by atoms with Gasteiger partial charge in [0.05, 0.1) is 25.2 Å². The second kappa shape index (κ2) is 13.4. The van der Waals surface area contributed by atoms with Crippen molar-refractivity contribution in [3.8, 4) is 5.75 Å². The molecule has 1 fully saturated rings. The van der Waals surface area contributed by atoms with Gasteiger partial charge in [0.15, 0.2) is 5.76 Å². The normalized spacial score (nSPS) is 19.9. The Morgan fingerprint density at radius 3 is 2.41 bits per heavy atom. The highest BCUT2D eigenvalue weighted by Crippen LogP contribution is 2.32. The van der Waals surface area contributed by atoms with Gasteiger partial charge in [0, 0.05) is 38.5 Å². The van der Waals surface area contributed by atoms with Gasteiger partial charge in [-0.2, -0.15) is 4.31 Å². The standard InChI is InChI=1S/C28H35FN2O7S/c1-36-24-9-11-25(12-10-24)39(34,35)31(15-17-32)16-18-37-27-20-22(21-5-7-23(29)8-6-21)19-26(38-27)28(33)30-13-3-2-4-14-30/h5-12,19,22,27,32H,2-4,13-18,20H2,1H3/t22-,27+/m1/s1. The molecule has 1 N–H and O–H groups in total. The highest BCUT2D eigenvalue weighted by Gasteiger charge is 2.32. The van der Waals surface area contributed by atoms with Crippen molar-refractivity contribution >= 4 is 15.9 Å². The fraction of sp³-hybridized carbons (Fsp3) is 0.464. The summed E-state index contributed by atoms with van der Waals surface area (Å²) in [6.45, 7) is 0.785. The predicted octanol–water partition coefficient (Wildman–Crippen LogP) is 3.26. The molecule has 0 aliphatic carbocycles. The van der Waals surface area contributed by atoms with Gasteiger partial charge in [0.25, 0.3) is 5.91 Å². The van der Waals surface area contributed by atoms with Crippen LogP contribution in [0.3, 0.4) is 0 Å². The number of carbonyl (C=O) groups excluding carboxylic acids is 1. The molecule has 1 saturated heterocycles. The third-order valence-corrected chi connectivity index (χ3v) is 8.81. The van der Waals surface area contributed by atoms with E-state index in [0.717, 1.165) is 29.1 Å². The molecule has 9 nitrogen and oxygen atoms in total. The number of piperidine rings is 1. The molecule has 0 aromatic heterocycles. The van der Waals surface area contributed by atoms with Crippen LogP contribution in [0.15, 0.2) is 65.3 Å². The summed E-state index contributed by atoms with van der Waals surface area (Å²) in [6.07, 6.45) is 4.27. The van der Waals surface area contributed by atoms with E-state index in [-0.39, 0.29) is 54.6 Å². The number of allylic oxidation sites excluding steroid dienone is 1. The minimum Gasteiger partial charge on any atom is -0.497 e. The van der Waals surface area contributed by atoms with Crippen LogP contribution in [-0.2, 0) is 24.3 Å². The van der Waals surface area contributed by atoms with Crippen molar-refractivity contribution in [3.63, 3.8) is 0 Å². The Hall–Kier alpha value is -2.99. The zero-order chi connectivity index (χ0) is 27.8. The van der Waals surface area contributed by atoms with E-state index in [1.807, 2.05) is 0 Å². The first-order chi connectivity index (χ1) is 18.8. The second-order valence-corrected chi connectivity index (χ2v) is 11.4. The fourth-order valence-electron chi connectivity index (χ4n) is 4.75. The maximum atomic E-state index is 13.5. The number of hydrogen-bond donors (Lipinski definition) is 1. The summed E-state index contributed by atoms with van der Waals surface area (Å²) < 4.78 is 58.1. The largest absolute Gasteiger partial charge is 0.497 e. The van der Waals surface area contributed by atoms with Gasteiger partial charge in [-0.3, -0.25) is 4.79 Å². The van der Waals surface area contributed by atoms with Crippen molar-refractivity contribution in [2.75, 3.05) is 46.5 Å². The maximum absolute atomic E-state index is 13.5. The summed E-state index contributed by atoms with van der Waals surface area (Å²) in [6, 6.07) is 12.1. The minimum absolute atomic E-state index is 0.0264. The van der Waals surface area contributed by atoms with Crippen LogP contribution < -0.4 is 4.74 Å². The number of benzene rings is 2. The van der Waals surface area contributed by atoms with Gasteiger partial charge in [-0.15, -0.1) is 0 Å². The Bertz CT molecular complexity index is 1230. The lowest BCUT2D eigenvalue weighted by atomic mass is 9.92. The number of rotatable bonds is 11. The van der Waals surface area contributed by atoms with Crippen LogP contribution in [0, 0.1) is 5.82 Å². The van der Waals surface area contributed by atoms with Gasteiger partial charge >= 0.3 is 0 Å². The smallest absolute Gasteiger partial charge is 0.288 e. The summed E-state index contributed by atoms with van der Waals surface area (Å²) >= 11 is 0. The van der Waals surface area contributed by atoms with E-state index < -0.39 is 16.3 Å². The molecule has 0 radical (unpaired) electrons. The van der Waals surface area contributed by atoms with Crippen LogP contribution in [0.25, 0.3) is 0 Å². The lowest BCUT2D eigenvalue weighted by molar-refractivity contribution is -0.153. The maximum Gasteiger partial charge on any atom is 0.288 e. The number of amides is 1. The predicted molar refractivity (Wildman–Crippen MR) is 142 cm³/mol. The fourth-order valence-corrected chi connectivity index (χ4v) is 6.17. The van der Waals surface area contributed by atoms with Gasteiger partial charge < -0.3 is 24.2 Å². The first-order valence-corrected chi connectivity index (χ1v) is 14.6. The topological polar surface area (TPSA) is 106 Å². The van der Waals surface area contributed by atoms with Crippen molar-refractivity contribution in [1.82, 2.24) is 9.21 Å². The summed E-state index contributed by atoms with van der Waals surface area (Å²) in [5.74, 6) is -0.0994. The molecule has 0 spiro atoms. The van der Waals surface area contributed by atoms with Gasteiger partial charge in [0.1, 0.15) is 11.6 Å². The Morgan fingerprint density at radius 2 is 1.77 bits per heavy atom. The lowest BCUT2D eigenvalue weighted by Crippen LogP contribution is -2.40. The van der Waals surface area contributed by atoms with Gasteiger partial charge in [-0.25, -0.2) is 12.8 Å². The van der Waals surface area contributed by atoms with Crippen LogP contribution in [0.2, 0.25) is 0 Å². The van der Waals surface area contributed by atoms with Crippen LogP contribution >= 0.6 is 0 Å². The number of likely N-dealkylation sites (tertiary alicyclic amines) is 1. The summed E-state index contributed by atoms with van der Waals surface area (Å²) in [4.78, 5) is 15.1. The second-order valence-electron chi connectivity index (χ2n) is 9.50. The first kappa shape index (κ1) is 29.0. The molecule has 2 aliphatic heterocycles. The average molecular weight is 563 g/mol. The SMILES string of the molecule is COc1ccc(S(=O)(=O)N(CCO)CCO[C@@H]2C[C@H](c3ccc(F)cc3)C=C(C(=O)N3CCCCC3)O2)cc1. The Morgan fingerprint density at radius 1 is 1.08 bits per heavy atom. The number of hydrogen-bond acceptors (Lipinski definition) is 7. The number of halogens is 1. The van der Waals surface area contributed by atoms with Gasteiger partial charge in [-0.1, -0.05) is 12.1 Å². The number of nitrogens with zero attached hydrogens (tertiary/aromatic N) is 2. The minimum atomic E-state index is -3.90. The number of methoxy groups -OCH3 is 1. The van der Waals surface area contributed by atoms with E-state index in [2.05, 4.69) is 0 Å². The van der Waals surface area contributed by atoms with E-state index >= 15 is 0 Å². The number of aliphatic hydroxyl groups excluding tert-OH is 1. The van der Waals surface area contributed by atoms with Crippen LogP contribution in [0.5, 0.6) is 5.75 Å². The highest BCUT2D eigenvalue weighted by molar-refractivity contribution is 7.89. The van der Waals surface area contributed by atoms with E-state index in [1.165, 1.54) is 31.4 Å². The van der Waals surface area contributed by atoms with Crippen molar-refractivity contribution in [3.05, 3.63) is 71.7 Å². The molecule has 212 valence electrons. The third kappa shape index (κ3) is 7.36. The molecule has 0 unspecified atom stereocenters. The molecule has 2 heterocycles. The molecule has 2 aromatic rings. The summed E-state index contributed by atoms with van der Waals surface area (Å²) in [5.41, 5.74) is 0.821. The molecular weight excluding hydrogens is 527 g/mol. The lowest BCUT2D eigenvalue weighted by Gasteiger charge is -2.33. The molecule has 4 rings (SSSR count). The molecule has 39 heavy (non-hydrogen) atoms. The summed E-state index contributed by atoms with van der Waals surface area (Å²) in [7, 11) is -2.40. The van der Waals surface area contributed by atoms with Crippen molar-refractivity contribution in [2.45, 2.75) is 42.8 Å². The van der Waals surface area contributed by atoms with Crippen molar-refractivity contribution in [1.29, 1.82) is 0 Å². The molecule has 11 heteroatoms. The number of sulfonamides is 1. The molecule has 2 atom stereocenters. The number of carbonyl (C=O) groups is 1. The van der Waals surface area contributed by atoms with Gasteiger partial charge in [0.2, 0.25) is 16.3 Å². The molecular formula is C28H35FN2O7S. The third-order valence-electron chi connectivity index (χ3n) is 6.90. The quantitative estimate of drug-likeness (QED) is 0.448. The van der Waals surface area contributed by atoms with Gasteiger partial charge in [-0.05, 0) is 67.3 Å². The van der Waals surface area contributed by atoms with Crippen molar-refractivity contribution < 1.29 is 36.9 Å². The van der Waals surface area contributed by atoms with Crippen LogP contribution in [0.4, 0.5) is 4.39 Å². The first-order valence-electron chi connectivity index (χ1n) is 13.1. The van der Waals surface area contributed by atoms with E-state index in [4.69, 9.17) is 14.2 Å². The zero-order valence-electron chi connectivity index (χ0n) is 22.0. The van der Waals surface area contributed by atoms with E-state index in [0.29, 0.717) is 25.3 Å². The number of ether oxygens (including phenoxy) is 3. The monoisotopic (exact) mass is 562 g/mol. The molecule has 2 aliphatic rings. The Kier molecular flexibility index (Phi) is 9.95. The zero-order valence-corrected chi connectivity index (χ0v) is 22.8. The summed E-state index contributed by atoms with van der Waals surface area (Å²) in [5, 5.41) is 9.51. The molecule has 0 saturated carbocycles. The van der Waals surface area contributed by atoms with Crippen LogP contribution in [0.1, 0.15) is 37.2 Å². The Balaban J connectivity index is 1.46. The molecule has 0 bridgehead atoms. The molecule has 2 aromatic carbocycles. The molecule has 1 amide bonds. The Labute approximate surface area is 228 Å². The van der Waals surface area contributed by atoms with Crippen molar-refractivity contribution in [2.24, 2.45) is 0 Å². The van der Waals surface area contributed by atoms with E-state index in [9.17, 15) is 22.7 Å².